The van der Waals surface area contributed by atoms with E-state index in [1.165, 1.54) is 6.07 Å². The van der Waals surface area contributed by atoms with E-state index in [0.29, 0.717) is 5.56 Å². The summed E-state index contributed by atoms with van der Waals surface area (Å²) in [6.07, 6.45) is 1.64. The predicted molar refractivity (Wildman–Crippen MR) is 41.4 cm³/mol. The summed E-state index contributed by atoms with van der Waals surface area (Å²) < 4.78 is 0. The van der Waals surface area contributed by atoms with E-state index in [1.807, 2.05) is 6.92 Å². The first-order chi connectivity index (χ1) is 4.74. The molecule has 1 aromatic heterocycles. The maximum absolute atomic E-state index is 11.0. The highest BCUT2D eigenvalue weighted by atomic mass is 35.5. The Balaban J connectivity index is 3.20. The minimum Gasteiger partial charge on any atom is -0.365 e. The minimum absolute atomic E-state index is 0.00579. The van der Waals surface area contributed by atoms with Gasteiger partial charge in [0.1, 0.15) is 0 Å². The van der Waals surface area contributed by atoms with Crippen LogP contribution in [0.5, 0.6) is 0 Å². The molecular weight excluding hydrogens is 150 g/mol. The zero-order valence-corrected chi connectivity index (χ0v) is 6.40. The fraction of sp³-hybridized carbons (Fsp3) is 0.286. The van der Waals surface area contributed by atoms with Crippen molar-refractivity contribution in [2.24, 2.45) is 0 Å². The molecule has 0 aliphatic heterocycles. The SMILES string of the molecule is Cc1cc(=O)c(CCl)c[nH]1. The van der Waals surface area contributed by atoms with Crippen LogP contribution in [-0.2, 0) is 5.88 Å². The van der Waals surface area contributed by atoms with E-state index in [1.54, 1.807) is 6.20 Å². The number of aryl methyl sites for hydroxylation is 1. The third-order valence-electron chi connectivity index (χ3n) is 1.28. The van der Waals surface area contributed by atoms with Crippen molar-refractivity contribution in [3.63, 3.8) is 0 Å². The Morgan fingerprint density at radius 3 is 2.90 bits per heavy atom. The lowest BCUT2D eigenvalue weighted by Gasteiger charge is -1.93. The van der Waals surface area contributed by atoms with Crippen LogP contribution in [0.2, 0.25) is 0 Å². The Hall–Kier alpha value is -0.760. The van der Waals surface area contributed by atoms with E-state index in [0.717, 1.165) is 5.69 Å². The smallest absolute Gasteiger partial charge is 0.186 e. The summed E-state index contributed by atoms with van der Waals surface area (Å²) in [6.45, 7) is 1.83. The van der Waals surface area contributed by atoms with Gasteiger partial charge in [-0.05, 0) is 6.92 Å². The maximum atomic E-state index is 11.0. The molecule has 0 saturated carbocycles. The van der Waals surface area contributed by atoms with Crippen LogP contribution in [0.3, 0.4) is 0 Å². The van der Waals surface area contributed by atoms with E-state index >= 15 is 0 Å². The molecule has 0 spiro atoms. The Morgan fingerprint density at radius 1 is 1.70 bits per heavy atom. The molecule has 0 aromatic carbocycles. The molecule has 1 N–H and O–H groups in total. The minimum atomic E-state index is 0.00579. The van der Waals surface area contributed by atoms with E-state index in [-0.39, 0.29) is 11.3 Å². The number of aromatic amines is 1. The molecule has 0 atom stereocenters. The highest BCUT2D eigenvalue weighted by Gasteiger charge is 1.95. The maximum Gasteiger partial charge on any atom is 0.186 e. The van der Waals surface area contributed by atoms with Gasteiger partial charge in [-0.1, -0.05) is 0 Å². The van der Waals surface area contributed by atoms with Crippen LogP contribution in [0.25, 0.3) is 0 Å². The topological polar surface area (TPSA) is 32.9 Å². The second-order valence-electron chi connectivity index (χ2n) is 2.14. The van der Waals surface area contributed by atoms with Gasteiger partial charge in [0, 0.05) is 23.5 Å². The normalized spacial score (nSPS) is 9.80. The van der Waals surface area contributed by atoms with Gasteiger partial charge in [-0.25, -0.2) is 0 Å². The van der Waals surface area contributed by atoms with Gasteiger partial charge in [0.25, 0.3) is 0 Å². The second kappa shape index (κ2) is 2.88. The summed E-state index contributed by atoms with van der Waals surface area (Å²) in [5, 5.41) is 0. The van der Waals surface area contributed by atoms with Crippen molar-refractivity contribution >= 4 is 11.6 Å². The molecule has 0 aliphatic rings. The second-order valence-corrected chi connectivity index (χ2v) is 2.41. The summed E-state index contributed by atoms with van der Waals surface area (Å²) in [4.78, 5) is 13.9. The molecule has 1 heterocycles. The lowest BCUT2D eigenvalue weighted by molar-refractivity contribution is 1.14. The predicted octanol–water partition coefficient (Wildman–Crippen LogP) is 1.42. The van der Waals surface area contributed by atoms with Crippen LogP contribution in [0, 0.1) is 6.92 Å². The summed E-state index contributed by atoms with van der Waals surface area (Å²) in [6, 6.07) is 1.54. The van der Waals surface area contributed by atoms with Crippen molar-refractivity contribution in [1.29, 1.82) is 0 Å². The van der Waals surface area contributed by atoms with Gasteiger partial charge in [0.05, 0.1) is 5.88 Å². The molecule has 0 bridgehead atoms. The standard InChI is InChI=1S/C7H8ClNO/c1-5-2-7(10)6(3-8)4-9-5/h2,4H,3H2,1H3,(H,9,10). The van der Waals surface area contributed by atoms with Gasteiger partial charge < -0.3 is 4.98 Å². The number of H-pyrrole nitrogens is 1. The summed E-state index contributed by atoms with van der Waals surface area (Å²) in [7, 11) is 0. The van der Waals surface area contributed by atoms with E-state index in [9.17, 15) is 4.79 Å². The van der Waals surface area contributed by atoms with E-state index < -0.39 is 0 Å². The Bertz CT molecular complexity index is 279. The Kier molecular flexibility index (Phi) is 2.12. The molecule has 0 unspecified atom stereocenters. The number of hydrogen-bond acceptors (Lipinski definition) is 1. The van der Waals surface area contributed by atoms with Crippen LogP contribution < -0.4 is 5.43 Å². The quantitative estimate of drug-likeness (QED) is 0.615. The zero-order valence-electron chi connectivity index (χ0n) is 5.65. The van der Waals surface area contributed by atoms with E-state index in [4.69, 9.17) is 11.6 Å². The number of hydrogen-bond donors (Lipinski definition) is 1. The van der Waals surface area contributed by atoms with Crippen molar-refractivity contribution in [3.05, 3.63) is 33.7 Å². The average molecular weight is 158 g/mol. The van der Waals surface area contributed by atoms with Gasteiger partial charge >= 0.3 is 0 Å². The number of nitrogens with one attached hydrogen (secondary N) is 1. The molecule has 10 heavy (non-hydrogen) atoms. The van der Waals surface area contributed by atoms with Gasteiger partial charge in [-0.2, -0.15) is 0 Å². The van der Waals surface area contributed by atoms with Crippen LogP contribution in [0.4, 0.5) is 0 Å². The van der Waals surface area contributed by atoms with Crippen LogP contribution in [-0.4, -0.2) is 4.98 Å². The largest absolute Gasteiger partial charge is 0.365 e. The monoisotopic (exact) mass is 157 g/mol. The first-order valence-corrected chi connectivity index (χ1v) is 3.51. The van der Waals surface area contributed by atoms with Crippen molar-refractivity contribution in [2.75, 3.05) is 0 Å². The fourth-order valence-corrected chi connectivity index (χ4v) is 0.916. The summed E-state index contributed by atoms with van der Waals surface area (Å²) >= 11 is 5.46. The summed E-state index contributed by atoms with van der Waals surface area (Å²) in [5.41, 5.74) is 1.48. The number of alkyl halides is 1. The van der Waals surface area contributed by atoms with Gasteiger partial charge in [0.15, 0.2) is 5.43 Å². The average Bonchev–Trinajstić information content (AvgIpc) is 1.88. The molecular formula is C7H8ClNO. The first-order valence-electron chi connectivity index (χ1n) is 2.98. The number of pyridine rings is 1. The molecule has 54 valence electrons. The lowest BCUT2D eigenvalue weighted by Crippen LogP contribution is -2.06. The van der Waals surface area contributed by atoms with Crippen LogP contribution >= 0.6 is 11.6 Å². The molecule has 0 saturated heterocycles. The molecule has 0 radical (unpaired) electrons. The molecule has 0 aliphatic carbocycles. The highest BCUT2D eigenvalue weighted by Crippen LogP contribution is 1.95. The van der Waals surface area contributed by atoms with Gasteiger partial charge in [-0.15, -0.1) is 11.6 Å². The molecule has 1 rings (SSSR count). The van der Waals surface area contributed by atoms with Crippen molar-refractivity contribution in [2.45, 2.75) is 12.8 Å². The van der Waals surface area contributed by atoms with Gasteiger partial charge in [0.2, 0.25) is 0 Å². The Labute approximate surface area is 63.8 Å². The third-order valence-corrected chi connectivity index (χ3v) is 1.57. The fourth-order valence-electron chi connectivity index (χ4n) is 0.708. The van der Waals surface area contributed by atoms with Crippen LogP contribution in [0.15, 0.2) is 17.1 Å². The zero-order chi connectivity index (χ0) is 7.56. The van der Waals surface area contributed by atoms with Crippen molar-refractivity contribution in [1.82, 2.24) is 4.98 Å². The van der Waals surface area contributed by atoms with E-state index in [2.05, 4.69) is 4.98 Å². The lowest BCUT2D eigenvalue weighted by atomic mass is 10.3. The molecule has 2 nitrogen and oxygen atoms in total. The summed E-state index contributed by atoms with van der Waals surface area (Å²) in [5.74, 6) is 0.273. The molecule has 3 heteroatoms. The molecule has 0 fully saturated rings. The van der Waals surface area contributed by atoms with Gasteiger partial charge in [-0.3, -0.25) is 4.79 Å². The molecule has 1 aromatic rings. The third kappa shape index (κ3) is 1.39. The number of rotatable bonds is 1. The highest BCUT2D eigenvalue weighted by molar-refractivity contribution is 6.17. The number of aromatic nitrogens is 1. The first kappa shape index (κ1) is 7.35. The Morgan fingerprint density at radius 2 is 2.40 bits per heavy atom. The van der Waals surface area contributed by atoms with Crippen molar-refractivity contribution < 1.29 is 0 Å². The van der Waals surface area contributed by atoms with Crippen LogP contribution in [0.1, 0.15) is 11.3 Å². The van der Waals surface area contributed by atoms with Crippen molar-refractivity contribution in [3.8, 4) is 0 Å². The molecule has 0 amide bonds. The number of halogens is 1.